The van der Waals surface area contributed by atoms with Gasteiger partial charge in [0.05, 0.1) is 11.3 Å². The zero-order chi connectivity index (χ0) is 19.8. The molecule has 0 aliphatic rings. The van der Waals surface area contributed by atoms with Crippen LogP contribution in [-0.4, -0.2) is 5.11 Å². The molecule has 3 rings (SSSR count). The van der Waals surface area contributed by atoms with Crippen molar-refractivity contribution in [2.75, 3.05) is 10.6 Å². The Morgan fingerprint density at radius 2 is 1.74 bits per heavy atom. The molecule has 4 nitrogen and oxygen atoms in total. The van der Waals surface area contributed by atoms with Crippen molar-refractivity contribution < 1.29 is 26.4 Å². The predicted molar refractivity (Wildman–Crippen MR) is 93.7 cm³/mol. The molecule has 0 aliphatic carbocycles. The van der Waals surface area contributed by atoms with Crippen LogP contribution < -0.4 is 16.3 Å². The predicted octanol–water partition coefficient (Wildman–Crippen LogP) is 4.90. The van der Waals surface area contributed by atoms with Crippen molar-refractivity contribution in [3.63, 3.8) is 0 Å². The smallest absolute Gasteiger partial charge is 0.417 e. The average Bonchev–Trinajstić information content (AvgIpc) is 2.55. The second-order valence-electron chi connectivity index (χ2n) is 5.39. The van der Waals surface area contributed by atoms with Crippen molar-refractivity contribution in [1.29, 1.82) is 0 Å². The SMILES string of the molecule is O=c1cc(C(F)(F)F)c2ccc(NC(=S)Nc3ccc(F)cc3F)cc2o1. The van der Waals surface area contributed by atoms with E-state index in [-0.39, 0.29) is 27.5 Å². The topological polar surface area (TPSA) is 54.3 Å². The van der Waals surface area contributed by atoms with Gasteiger partial charge in [0.2, 0.25) is 0 Å². The van der Waals surface area contributed by atoms with Crippen molar-refractivity contribution in [3.05, 3.63) is 70.1 Å². The summed E-state index contributed by atoms with van der Waals surface area (Å²) in [5.74, 6) is -1.64. The monoisotopic (exact) mass is 400 g/mol. The van der Waals surface area contributed by atoms with Crippen LogP contribution in [-0.2, 0) is 6.18 Å². The number of fused-ring (bicyclic) bond motifs is 1. The van der Waals surface area contributed by atoms with Gasteiger partial charge in [-0.2, -0.15) is 13.2 Å². The molecular formula is C17H9F5N2O2S. The molecule has 140 valence electrons. The Kier molecular flexibility index (Phi) is 4.83. The molecule has 0 amide bonds. The van der Waals surface area contributed by atoms with Gasteiger partial charge >= 0.3 is 11.8 Å². The van der Waals surface area contributed by atoms with E-state index in [1.54, 1.807) is 0 Å². The van der Waals surface area contributed by atoms with Gasteiger partial charge in [0, 0.05) is 29.3 Å². The summed E-state index contributed by atoms with van der Waals surface area (Å²) in [6.07, 6.45) is -4.72. The van der Waals surface area contributed by atoms with Crippen LogP contribution in [0.4, 0.5) is 33.3 Å². The third kappa shape index (κ3) is 4.22. The summed E-state index contributed by atoms with van der Waals surface area (Å²) >= 11 is 4.99. The van der Waals surface area contributed by atoms with Crippen molar-refractivity contribution in [2.45, 2.75) is 6.18 Å². The molecule has 0 unspecified atom stereocenters. The van der Waals surface area contributed by atoms with E-state index in [0.29, 0.717) is 12.1 Å². The lowest BCUT2D eigenvalue weighted by Gasteiger charge is -2.13. The van der Waals surface area contributed by atoms with Crippen LogP contribution in [0.3, 0.4) is 0 Å². The molecule has 0 aliphatic heterocycles. The van der Waals surface area contributed by atoms with Gasteiger partial charge in [-0.15, -0.1) is 0 Å². The fraction of sp³-hybridized carbons (Fsp3) is 0.0588. The average molecular weight is 400 g/mol. The first-order chi connectivity index (χ1) is 12.6. The second-order valence-corrected chi connectivity index (χ2v) is 5.80. The van der Waals surface area contributed by atoms with E-state index in [1.165, 1.54) is 6.07 Å². The molecule has 27 heavy (non-hydrogen) atoms. The number of hydrogen-bond donors (Lipinski definition) is 2. The summed E-state index contributed by atoms with van der Waals surface area (Å²) < 4.78 is 70.4. The summed E-state index contributed by atoms with van der Waals surface area (Å²) in [4.78, 5) is 11.4. The third-order valence-electron chi connectivity index (χ3n) is 3.49. The molecule has 0 saturated heterocycles. The molecule has 2 aromatic carbocycles. The van der Waals surface area contributed by atoms with Crippen molar-refractivity contribution in [3.8, 4) is 0 Å². The lowest BCUT2D eigenvalue weighted by molar-refractivity contribution is -0.136. The van der Waals surface area contributed by atoms with E-state index in [2.05, 4.69) is 10.6 Å². The zero-order valence-corrected chi connectivity index (χ0v) is 14.0. The Hall–Kier alpha value is -3.01. The van der Waals surface area contributed by atoms with Crippen molar-refractivity contribution >= 4 is 39.7 Å². The summed E-state index contributed by atoms with van der Waals surface area (Å²) in [5, 5.41) is 4.71. The Morgan fingerprint density at radius 3 is 2.41 bits per heavy atom. The Bertz CT molecular complexity index is 1090. The highest BCUT2D eigenvalue weighted by molar-refractivity contribution is 7.80. The van der Waals surface area contributed by atoms with Crippen molar-refractivity contribution in [1.82, 2.24) is 0 Å². The minimum absolute atomic E-state index is 0.0967. The standard InChI is InChI=1S/C17H9F5N2O2S/c18-8-1-4-13(12(19)5-8)24-16(27)23-9-2-3-10-11(17(20,21)22)7-15(25)26-14(10)6-9/h1-7H,(H2,23,24,27). The van der Waals surface area contributed by atoms with Crippen LogP contribution in [0.5, 0.6) is 0 Å². The first-order valence-electron chi connectivity index (χ1n) is 7.31. The normalized spacial score (nSPS) is 11.4. The maximum atomic E-state index is 13.6. The molecule has 0 spiro atoms. The van der Waals surface area contributed by atoms with E-state index in [9.17, 15) is 26.7 Å². The highest BCUT2D eigenvalue weighted by atomic mass is 32.1. The molecule has 10 heteroatoms. The van der Waals surface area contributed by atoms with Gasteiger partial charge in [-0.1, -0.05) is 0 Å². The van der Waals surface area contributed by atoms with Crippen molar-refractivity contribution in [2.24, 2.45) is 0 Å². The van der Waals surface area contributed by atoms with Gasteiger partial charge in [0.25, 0.3) is 0 Å². The van der Waals surface area contributed by atoms with Crippen LogP contribution in [0.15, 0.2) is 51.7 Å². The fourth-order valence-corrected chi connectivity index (χ4v) is 2.58. The van der Waals surface area contributed by atoms with Gasteiger partial charge in [0.1, 0.15) is 17.2 Å². The number of rotatable bonds is 2. The molecule has 2 N–H and O–H groups in total. The highest BCUT2D eigenvalue weighted by Gasteiger charge is 2.33. The molecule has 1 heterocycles. The van der Waals surface area contributed by atoms with Gasteiger partial charge in [-0.05, 0) is 36.5 Å². The molecular weight excluding hydrogens is 391 g/mol. The number of alkyl halides is 3. The maximum Gasteiger partial charge on any atom is 0.417 e. The van der Waals surface area contributed by atoms with E-state index in [4.69, 9.17) is 16.6 Å². The number of anilines is 2. The Balaban J connectivity index is 1.87. The summed E-state index contributed by atoms with van der Waals surface area (Å²) in [5.41, 5.74) is -2.46. The Morgan fingerprint density at radius 1 is 1.00 bits per heavy atom. The van der Waals surface area contributed by atoms with Crippen LogP contribution in [0.1, 0.15) is 5.56 Å². The van der Waals surface area contributed by atoms with E-state index in [0.717, 1.165) is 24.3 Å². The molecule has 0 atom stereocenters. The maximum absolute atomic E-state index is 13.6. The van der Waals surface area contributed by atoms with E-state index >= 15 is 0 Å². The van der Waals surface area contributed by atoms with Crippen LogP contribution in [0.25, 0.3) is 11.0 Å². The molecule has 0 radical (unpaired) electrons. The molecule has 3 aromatic rings. The van der Waals surface area contributed by atoms with Gasteiger partial charge in [-0.25, -0.2) is 13.6 Å². The van der Waals surface area contributed by atoms with Crippen LogP contribution in [0, 0.1) is 11.6 Å². The number of hydrogen-bond acceptors (Lipinski definition) is 3. The van der Waals surface area contributed by atoms with Crippen LogP contribution >= 0.6 is 12.2 Å². The van der Waals surface area contributed by atoms with E-state index < -0.39 is 29.0 Å². The Labute approximate surface area is 153 Å². The second kappa shape index (κ2) is 6.95. The lowest BCUT2D eigenvalue weighted by atomic mass is 10.1. The first-order valence-corrected chi connectivity index (χ1v) is 7.72. The molecule has 0 fully saturated rings. The van der Waals surface area contributed by atoms with Crippen LogP contribution in [0.2, 0.25) is 0 Å². The number of halogens is 5. The largest absolute Gasteiger partial charge is 0.423 e. The minimum atomic E-state index is -4.72. The van der Waals surface area contributed by atoms with Gasteiger partial charge in [-0.3, -0.25) is 0 Å². The molecule has 0 saturated carbocycles. The third-order valence-corrected chi connectivity index (χ3v) is 3.69. The minimum Gasteiger partial charge on any atom is -0.423 e. The molecule has 0 bridgehead atoms. The number of nitrogens with one attached hydrogen (secondary N) is 2. The first kappa shape index (κ1) is 18.8. The fourth-order valence-electron chi connectivity index (χ4n) is 2.35. The lowest BCUT2D eigenvalue weighted by Crippen LogP contribution is -2.20. The van der Waals surface area contributed by atoms with E-state index in [1.807, 2.05) is 0 Å². The highest BCUT2D eigenvalue weighted by Crippen LogP contribution is 2.34. The van der Waals surface area contributed by atoms with Gasteiger partial charge in [0.15, 0.2) is 5.11 Å². The molecule has 1 aromatic heterocycles. The summed E-state index contributed by atoms with van der Waals surface area (Å²) in [6, 6.07) is 6.75. The number of thiocarbonyl (C=S) groups is 1. The summed E-state index contributed by atoms with van der Waals surface area (Å²) in [6.45, 7) is 0. The number of benzene rings is 2. The zero-order valence-electron chi connectivity index (χ0n) is 13.2. The summed E-state index contributed by atoms with van der Waals surface area (Å²) in [7, 11) is 0. The quantitative estimate of drug-likeness (QED) is 0.364. The van der Waals surface area contributed by atoms with Gasteiger partial charge < -0.3 is 15.1 Å².